The summed E-state index contributed by atoms with van der Waals surface area (Å²) in [5.41, 5.74) is 7.13. The molecule has 13 heteroatoms. The first-order chi connectivity index (χ1) is 21.5. The average Bonchev–Trinajstić information content (AvgIpc) is 3.42. The van der Waals surface area contributed by atoms with Gasteiger partial charge in [0.25, 0.3) is 0 Å². The van der Waals surface area contributed by atoms with Crippen molar-refractivity contribution in [1.82, 2.24) is 14.5 Å². The highest BCUT2D eigenvalue weighted by atomic mass is 19.3. The summed E-state index contributed by atoms with van der Waals surface area (Å²) in [7, 11) is 2.82. The number of esters is 1. The van der Waals surface area contributed by atoms with E-state index in [0.717, 1.165) is 16.5 Å². The van der Waals surface area contributed by atoms with Gasteiger partial charge in [0.1, 0.15) is 17.2 Å². The number of alkyl halides is 2. The minimum Gasteiger partial charge on any atom is -0.496 e. The number of likely N-dealkylation sites (tertiary alicyclic amines) is 1. The van der Waals surface area contributed by atoms with E-state index in [1.165, 1.54) is 17.7 Å². The first-order valence-corrected chi connectivity index (χ1v) is 15.2. The molecule has 46 heavy (non-hydrogen) atoms. The number of pyridine rings is 1. The summed E-state index contributed by atoms with van der Waals surface area (Å²) >= 11 is 0. The molecule has 2 aromatic heterocycles. The number of rotatable bonds is 8. The molecule has 1 unspecified atom stereocenters. The van der Waals surface area contributed by atoms with E-state index in [1.54, 1.807) is 40.1 Å². The Morgan fingerprint density at radius 3 is 2.48 bits per heavy atom. The molecule has 1 amide bonds. The van der Waals surface area contributed by atoms with Gasteiger partial charge in [0.15, 0.2) is 5.69 Å². The van der Waals surface area contributed by atoms with Gasteiger partial charge in [0, 0.05) is 48.1 Å². The molecule has 0 bridgehead atoms. The first-order valence-electron chi connectivity index (χ1n) is 15.2. The second kappa shape index (κ2) is 12.2. The van der Waals surface area contributed by atoms with Gasteiger partial charge in [-0.05, 0) is 76.3 Å². The van der Waals surface area contributed by atoms with Crippen LogP contribution in [0.4, 0.5) is 19.4 Å². The molecule has 5 rings (SSSR count). The Kier molecular flexibility index (Phi) is 8.75. The number of aromatic nitrogens is 2. The van der Waals surface area contributed by atoms with E-state index in [1.807, 2.05) is 19.1 Å². The fourth-order valence-corrected chi connectivity index (χ4v) is 6.88. The van der Waals surface area contributed by atoms with Gasteiger partial charge in [0.05, 0.1) is 26.3 Å². The largest absolute Gasteiger partial charge is 0.496 e. The van der Waals surface area contributed by atoms with Crippen LogP contribution in [0.25, 0.3) is 10.9 Å². The van der Waals surface area contributed by atoms with Gasteiger partial charge in [-0.25, -0.2) is 23.4 Å². The summed E-state index contributed by atoms with van der Waals surface area (Å²) in [6, 6.07) is 6.55. The number of nitrogens with one attached hydrogen (secondary N) is 1. The second-order valence-corrected chi connectivity index (χ2v) is 13.4. The molecular weight excluding hydrogens is 600 g/mol. The number of benzene rings is 1. The fraction of sp³-hybridized carbons (Fsp3) is 0.515. The number of nitrogens with zero attached hydrogens (tertiary/aromatic N) is 3. The number of fused-ring (bicyclic) bond motifs is 1. The average molecular weight is 642 g/mol. The monoisotopic (exact) mass is 641 g/mol. The van der Waals surface area contributed by atoms with Gasteiger partial charge in [-0.1, -0.05) is 6.07 Å². The molecule has 1 aromatic carbocycles. The van der Waals surface area contributed by atoms with E-state index in [2.05, 4.69) is 15.2 Å². The summed E-state index contributed by atoms with van der Waals surface area (Å²) in [4.78, 5) is 43.8. The molecule has 3 heterocycles. The van der Waals surface area contributed by atoms with Crippen molar-refractivity contribution >= 4 is 34.7 Å². The van der Waals surface area contributed by atoms with E-state index in [4.69, 9.17) is 19.9 Å². The van der Waals surface area contributed by atoms with Gasteiger partial charge in [-0.3, -0.25) is 14.3 Å². The van der Waals surface area contributed by atoms with Crippen LogP contribution in [0, 0.1) is 12.3 Å². The van der Waals surface area contributed by atoms with Gasteiger partial charge < -0.3 is 25.3 Å². The number of carbonyl (C=O) groups excluding carboxylic acids is 3. The lowest BCUT2D eigenvalue weighted by atomic mass is 9.59. The predicted octanol–water partition coefficient (Wildman–Crippen LogP) is 5.57. The fourth-order valence-electron chi connectivity index (χ4n) is 6.88. The molecule has 1 saturated heterocycles. The Labute approximate surface area is 266 Å². The molecule has 11 nitrogen and oxygen atoms in total. The highest BCUT2D eigenvalue weighted by Crippen LogP contribution is 2.61. The lowest BCUT2D eigenvalue weighted by Crippen LogP contribution is -2.53. The van der Waals surface area contributed by atoms with Crippen LogP contribution < -0.4 is 15.8 Å². The van der Waals surface area contributed by atoms with E-state index < -0.39 is 41.0 Å². The van der Waals surface area contributed by atoms with Crippen molar-refractivity contribution < 1.29 is 37.4 Å². The summed E-state index contributed by atoms with van der Waals surface area (Å²) in [6.45, 7) is 7.90. The van der Waals surface area contributed by atoms with Gasteiger partial charge in [-0.2, -0.15) is 0 Å². The van der Waals surface area contributed by atoms with Crippen LogP contribution in [0.5, 0.6) is 5.75 Å². The maximum atomic E-state index is 14.3. The van der Waals surface area contributed by atoms with Crippen molar-refractivity contribution in [3.63, 3.8) is 0 Å². The van der Waals surface area contributed by atoms with Crippen LogP contribution >= 0.6 is 0 Å². The highest BCUT2D eigenvalue weighted by Gasteiger charge is 2.58. The minimum absolute atomic E-state index is 0.0239. The normalized spacial score (nSPS) is 19.0. The maximum absolute atomic E-state index is 14.3. The molecule has 1 aliphatic heterocycles. The third-order valence-electron chi connectivity index (χ3n) is 8.78. The summed E-state index contributed by atoms with van der Waals surface area (Å²) in [5.74, 6) is -3.15. The molecule has 3 aromatic rings. The Morgan fingerprint density at radius 1 is 1.15 bits per heavy atom. The Bertz CT molecular complexity index is 1670. The van der Waals surface area contributed by atoms with Crippen LogP contribution in [0.1, 0.15) is 79.7 Å². The minimum atomic E-state index is -2.72. The number of nitrogens with two attached hydrogens (primary N) is 1. The molecule has 1 aliphatic carbocycles. The summed E-state index contributed by atoms with van der Waals surface area (Å²) in [5, 5.41) is 3.73. The number of aryl methyl sites for hydroxylation is 1. The van der Waals surface area contributed by atoms with Crippen molar-refractivity contribution in [2.75, 3.05) is 32.6 Å². The molecule has 3 N–H and O–H groups in total. The maximum Gasteiger partial charge on any atom is 0.419 e. The van der Waals surface area contributed by atoms with Crippen LogP contribution in [-0.4, -0.2) is 71.3 Å². The van der Waals surface area contributed by atoms with Crippen molar-refractivity contribution in [1.29, 1.82) is 0 Å². The SMILES string of the molecule is COC(=O)c1ccc(C2CC3(CCN2Cc2c(OC)cc(C)c4c2ccn4C(=O)OC(C)(C)C)CC(F)(F)C3)c(NCC(N)=O)n1. The summed E-state index contributed by atoms with van der Waals surface area (Å²) in [6.07, 6.45) is 1.72. The highest BCUT2D eigenvalue weighted by molar-refractivity contribution is 5.95. The standard InChI is InChI=1S/C33H41F2N5O6/c1-19-13-25(44-5)22(20-9-11-40(27(19)20)30(43)46-31(2,3)4)16-39-12-10-32(17-33(34,35)18-32)14-24(39)21-7-8-23(29(42)45-6)38-28(21)37-15-26(36)41/h7-9,11,13,24H,10,12,14-18H2,1-6H3,(H2,36,41)(H,37,38). The van der Waals surface area contributed by atoms with Crippen molar-refractivity contribution in [2.45, 2.75) is 77.5 Å². The molecule has 0 radical (unpaired) electrons. The van der Waals surface area contributed by atoms with Crippen LogP contribution in [0.2, 0.25) is 0 Å². The summed E-state index contributed by atoms with van der Waals surface area (Å²) < 4.78 is 46.4. The van der Waals surface area contributed by atoms with Gasteiger partial charge in [0.2, 0.25) is 11.8 Å². The second-order valence-electron chi connectivity index (χ2n) is 13.4. The number of halogens is 2. The molecule has 1 spiro atoms. The van der Waals surface area contributed by atoms with E-state index in [-0.39, 0.29) is 30.9 Å². The molecule has 2 fully saturated rings. The zero-order valence-electron chi connectivity index (χ0n) is 27.0. The van der Waals surface area contributed by atoms with Crippen molar-refractivity contribution in [2.24, 2.45) is 11.1 Å². The van der Waals surface area contributed by atoms with Crippen molar-refractivity contribution in [3.05, 3.63) is 52.8 Å². The number of primary amides is 1. The molecule has 2 aliphatic rings. The quantitative estimate of drug-likeness (QED) is 0.302. The predicted molar refractivity (Wildman–Crippen MR) is 167 cm³/mol. The van der Waals surface area contributed by atoms with Crippen molar-refractivity contribution in [3.8, 4) is 5.75 Å². The Hall–Kier alpha value is -4.26. The third kappa shape index (κ3) is 6.64. The number of amides is 1. The smallest absolute Gasteiger partial charge is 0.419 e. The molecule has 1 saturated carbocycles. The van der Waals surface area contributed by atoms with Gasteiger partial charge in [-0.15, -0.1) is 0 Å². The molecule has 1 atom stereocenters. The lowest BCUT2D eigenvalue weighted by Gasteiger charge is -2.54. The van der Waals surface area contributed by atoms with E-state index >= 15 is 0 Å². The number of hydrogen-bond donors (Lipinski definition) is 2. The van der Waals surface area contributed by atoms with Crippen LogP contribution in [0.15, 0.2) is 30.5 Å². The Balaban J connectivity index is 1.59. The van der Waals surface area contributed by atoms with Gasteiger partial charge >= 0.3 is 12.1 Å². The molecular formula is C33H41F2N5O6. The number of methoxy groups -OCH3 is 2. The Morgan fingerprint density at radius 2 is 1.87 bits per heavy atom. The number of carbonyl (C=O) groups is 3. The number of hydrogen-bond acceptors (Lipinski definition) is 9. The van der Waals surface area contributed by atoms with E-state index in [9.17, 15) is 23.2 Å². The number of ether oxygens (including phenoxy) is 3. The number of anilines is 1. The van der Waals surface area contributed by atoms with Crippen LogP contribution in [-0.2, 0) is 20.8 Å². The number of piperidine rings is 1. The third-order valence-corrected chi connectivity index (χ3v) is 8.78. The topological polar surface area (TPSA) is 138 Å². The zero-order valence-corrected chi connectivity index (χ0v) is 27.0. The molecule has 248 valence electrons. The lowest BCUT2D eigenvalue weighted by molar-refractivity contribution is -0.186. The van der Waals surface area contributed by atoms with Crippen LogP contribution in [0.3, 0.4) is 0 Å². The first kappa shape index (κ1) is 33.1. The van der Waals surface area contributed by atoms with E-state index in [0.29, 0.717) is 42.8 Å². The zero-order chi connectivity index (χ0) is 33.6.